The molecule has 2 rings (SSSR count). The Morgan fingerprint density at radius 3 is 2.45 bits per heavy atom. The minimum absolute atomic E-state index is 0.329. The Labute approximate surface area is 130 Å². The van der Waals surface area contributed by atoms with Crippen molar-refractivity contribution in [1.82, 2.24) is 0 Å². The second-order valence-electron chi connectivity index (χ2n) is 4.87. The summed E-state index contributed by atoms with van der Waals surface area (Å²) in [4.78, 5) is 0. The lowest BCUT2D eigenvalue weighted by atomic mass is 9.98. The number of benzene rings is 2. The van der Waals surface area contributed by atoms with E-state index >= 15 is 0 Å². The zero-order chi connectivity index (χ0) is 14.9. The maximum atomic E-state index is 13.7. The second kappa shape index (κ2) is 6.23. The normalized spacial score (nSPS) is 12.5. The predicted octanol–water partition coefficient (Wildman–Crippen LogP) is 5.87. The summed E-state index contributed by atoms with van der Waals surface area (Å²) in [5, 5.41) is -0.346. The monoisotopic (exact) mass is 358 g/mol. The van der Waals surface area contributed by atoms with Crippen molar-refractivity contribution in [3.63, 3.8) is 0 Å². The highest BCUT2D eigenvalue weighted by atomic mass is 79.9. The van der Waals surface area contributed by atoms with Crippen molar-refractivity contribution in [3.05, 3.63) is 68.7 Å². The van der Waals surface area contributed by atoms with E-state index in [-0.39, 0.29) is 5.38 Å². The van der Waals surface area contributed by atoms with Gasteiger partial charge in [-0.25, -0.2) is 8.78 Å². The molecule has 0 aromatic heterocycles. The van der Waals surface area contributed by atoms with E-state index in [1.54, 1.807) is 0 Å². The number of alkyl halides is 1. The van der Waals surface area contributed by atoms with Crippen molar-refractivity contribution < 1.29 is 8.78 Å². The Bertz CT molecular complexity index is 641. The van der Waals surface area contributed by atoms with Crippen LogP contribution in [0.4, 0.5) is 8.78 Å². The molecule has 20 heavy (non-hydrogen) atoms. The lowest BCUT2D eigenvalue weighted by molar-refractivity contribution is 0.570. The van der Waals surface area contributed by atoms with Gasteiger partial charge in [-0.3, -0.25) is 0 Å². The molecule has 0 N–H and O–H groups in total. The first kappa shape index (κ1) is 15.5. The fourth-order valence-electron chi connectivity index (χ4n) is 2.13. The standard InChI is InChI=1S/C16H14BrClF2/c1-9-6-14(17)10(2)5-13(9)15(18)7-11-3-4-12(19)8-16(11)20/h3-6,8,15H,7H2,1-2H3. The summed E-state index contributed by atoms with van der Waals surface area (Å²) in [6.45, 7) is 3.95. The molecule has 1 unspecified atom stereocenters. The van der Waals surface area contributed by atoms with Gasteiger partial charge in [-0.05, 0) is 54.7 Å². The highest BCUT2D eigenvalue weighted by Gasteiger charge is 2.15. The lowest BCUT2D eigenvalue weighted by Gasteiger charge is -2.15. The summed E-state index contributed by atoms with van der Waals surface area (Å²) in [5.41, 5.74) is 3.52. The third-order valence-corrected chi connectivity index (χ3v) is 4.54. The first-order chi connectivity index (χ1) is 9.38. The molecule has 0 saturated carbocycles. The van der Waals surface area contributed by atoms with Crippen molar-refractivity contribution in [2.45, 2.75) is 25.6 Å². The fraction of sp³-hybridized carbons (Fsp3) is 0.250. The lowest BCUT2D eigenvalue weighted by Crippen LogP contribution is -2.02. The zero-order valence-corrected chi connectivity index (χ0v) is 13.5. The number of halogens is 4. The minimum Gasteiger partial charge on any atom is -0.207 e. The predicted molar refractivity (Wildman–Crippen MR) is 82.3 cm³/mol. The van der Waals surface area contributed by atoms with E-state index in [9.17, 15) is 8.78 Å². The molecule has 0 aliphatic rings. The van der Waals surface area contributed by atoms with Crippen molar-refractivity contribution >= 4 is 27.5 Å². The van der Waals surface area contributed by atoms with Crippen LogP contribution in [0.25, 0.3) is 0 Å². The van der Waals surface area contributed by atoms with Crippen molar-refractivity contribution in [2.24, 2.45) is 0 Å². The van der Waals surface area contributed by atoms with Gasteiger partial charge in [0.1, 0.15) is 11.6 Å². The zero-order valence-electron chi connectivity index (χ0n) is 11.2. The van der Waals surface area contributed by atoms with Crippen LogP contribution in [0.1, 0.15) is 27.6 Å². The van der Waals surface area contributed by atoms with E-state index in [1.807, 2.05) is 26.0 Å². The van der Waals surface area contributed by atoms with Gasteiger partial charge in [0, 0.05) is 10.5 Å². The molecule has 0 aliphatic carbocycles. The fourth-order valence-corrected chi connectivity index (χ4v) is 2.99. The Morgan fingerprint density at radius 2 is 1.80 bits per heavy atom. The molecular formula is C16H14BrClF2. The molecule has 0 fully saturated rings. The molecule has 0 nitrogen and oxygen atoms in total. The van der Waals surface area contributed by atoms with Gasteiger partial charge in [0.2, 0.25) is 0 Å². The van der Waals surface area contributed by atoms with Crippen LogP contribution in [0.15, 0.2) is 34.8 Å². The van der Waals surface area contributed by atoms with Gasteiger partial charge in [0.05, 0.1) is 5.38 Å². The highest BCUT2D eigenvalue weighted by molar-refractivity contribution is 9.10. The molecule has 1 atom stereocenters. The SMILES string of the molecule is Cc1cc(C(Cl)Cc2ccc(F)cc2F)c(C)cc1Br. The summed E-state index contributed by atoms with van der Waals surface area (Å²) in [7, 11) is 0. The summed E-state index contributed by atoms with van der Waals surface area (Å²) >= 11 is 9.88. The van der Waals surface area contributed by atoms with Gasteiger partial charge in [0.25, 0.3) is 0 Å². The van der Waals surface area contributed by atoms with E-state index in [0.717, 1.165) is 27.2 Å². The van der Waals surface area contributed by atoms with Crippen molar-refractivity contribution in [1.29, 1.82) is 0 Å². The summed E-state index contributed by atoms with van der Waals surface area (Å²) in [6, 6.07) is 7.58. The molecule has 0 radical (unpaired) electrons. The second-order valence-corrected chi connectivity index (χ2v) is 6.25. The number of hydrogen-bond donors (Lipinski definition) is 0. The van der Waals surface area contributed by atoms with Crippen LogP contribution < -0.4 is 0 Å². The van der Waals surface area contributed by atoms with E-state index < -0.39 is 11.6 Å². The van der Waals surface area contributed by atoms with E-state index in [0.29, 0.717) is 12.0 Å². The Kier molecular flexibility index (Phi) is 4.82. The smallest absolute Gasteiger partial charge is 0.129 e. The third kappa shape index (κ3) is 3.39. The van der Waals surface area contributed by atoms with E-state index in [1.165, 1.54) is 12.1 Å². The largest absolute Gasteiger partial charge is 0.207 e. The number of hydrogen-bond acceptors (Lipinski definition) is 0. The molecular weight excluding hydrogens is 346 g/mol. The molecule has 0 bridgehead atoms. The van der Waals surface area contributed by atoms with Crippen LogP contribution in [-0.2, 0) is 6.42 Å². The van der Waals surface area contributed by atoms with Crippen molar-refractivity contribution in [2.75, 3.05) is 0 Å². The first-order valence-corrected chi connectivity index (χ1v) is 7.46. The maximum absolute atomic E-state index is 13.7. The van der Waals surface area contributed by atoms with Gasteiger partial charge in [0.15, 0.2) is 0 Å². The van der Waals surface area contributed by atoms with Gasteiger partial charge in [-0.2, -0.15) is 0 Å². The molecule has 2 aromatic rings. The molecule has 0 amide bonds. The Morgan fingerprint density at radius 1 is 1.10 bits per heavy atom. The van der Waals surface area contributed by atoms with Crippen LogP contribution in [0.2, 0.25) is 0 Å². The molecule has 0 aliphatic heterocycles. The summed E-state index contributed by atoms with van der Waals surface area (Å²) in [6.07, 6.45) is 0.329. The number of rotatable bonds is 3. The highest BCUT2D eigenvalue weighted by Crippen LogP contribution is 2.32. The topological polar surface area (TPSA) is 0 Å². The van der Waals surface area contributed by atoms with Crippen LogP contribution in [-0.4, -0.2) is 0 Å². The van der Waals surface area contributed by atoms with E-state index in [4.69, 9.17) is 11.6 Å². The molecule has 106 valence electrons. The van der Waals surface area contributed by atoms with Crippen LogP contribution in [0, 0.1) is 25.5 Å². The van der Waals surface area contributed by atoms with Crippen LogP contribution in [0.5, 0.6) is 0 Å². The maximum Gasteiger partial charge on any atom is 0.129 e. The van der Waals surface area contributed by atoms with Crippen LogP contribution in [0.3, 0.4) is 0 Å². The number of aryl methyl sites for hydroxylation is 2. The molecule has 2 aromatic carbocycles. The Hall–Kier alpha value is -0.930. The Balaban J connectivity index is 2.28. The summed E-state index contributed by atoms with van der Waals surface area (Å²) < 4.78 is 27.6. The van der Waals surface area contributed by atoms with Crippen molar-refractivity contribution in [3.8, 4) is 0 Å². The first-order valence-electron chi connectivity index (χ1n) is 6.23. The van der Waals surface area contributed by atoms with E-state index in [2.05, 4.69) is 15.9 Å². The third-order valence-electron chi connectivity index (χ3n) is 3.30. The summed E-state index contributed by atoms with van der Waals surface area (Å²) in [5.74, 6) is -1.13. The van der Waals surface area contributed by atoms with Gasteiger partial charge < -0.3 is 0 Å². The molecule has 0 saturated heterocycles. The average molecular weight is 360 g/mol. The minimum atomic E-state index is -0.576. The average Bonchev–Trinajstić information content (AvgIpc) is 2.37. The van der Waals surface area contributed by atoms with Gasteiger partial charge in [-0.1, -0.05) is 28.1 Å². The van der Waals surface area contributed by atoms with Gasteiger partial charge >= 0.3 is 0 Å². The molecule has 0 heterocycles. The molecule has 0 spiro atoms. The van der Waals surface area contributed by atoms with Gasteiger partial charge in [-0.15, -0.1) is 11.6 Å². The molecule has 4 heteroatoms. The van der Waals surface area contributed by atoms with Crippen LogP contribution >= 0.6 is 27.5 Å². The quantitative estimate of drug-likeness (QED) is 0.601.